The number of hydrogen-bond donors (Lipinski definition) is 2. The lowest BCUT2D eigenvalue weighted by Crippen LogP contribution is -2.52. The molecule has 0 aromatic carbocycles. The molecule has 0 spiro atoms. The van der Waals surface area contributed by atoms with Crippen molar-refractivity contribution in [3.63, 3.8) is 0 Å². The standard InChI is InChI=1S/C29H53N3O2/c1-2-3-4-5-6-7-8-9-10-11-12-13-14-15-16-17-18-19-20-21-22-28-31-24-26-32(28,25-23-30)27-29(33)34/h16-17,24,26H,2-15,18-23,25,27,30H2,1H3/p+1/b17-16+. The van der Waals surface area contributed by atoms with Crippen molar-refractivity contribution in [1.82, 2.24) is 0 Å². The van der Waals surface area contributed by atoms with Crippen molar-refractivity contribution in [2.24, 2.45) is 10.7 Å². The molecule has 0 saturated heterocycles. The van der Waals surface area contributed by atoms with Gasteiger partial charge in [-0.2, -0.15) is 0 Å². The number of quaternary nitrogens is 1. The minimum Gasteiger partial charge on any atom is -0.477 e. The summed E-state index contributed by atoms with van der Waals surface area (Å²) in [6.07, 6.45) is 33.3. The minimum atomic E-state index is -0.804. The van der Waals surface area contributed by atoms with E-state index in [9.17, 15) is 9.90 Å². The summed E-state index contributed by atoms with van der Waals surface area (Å²) < 4.78 is 0.296. The Hall–Kier alpha value is -1.46. The summed E-state index contributed by atoms with van der Waals surface area (Å²) in [4.78, 5) is 15.7. The summed E-state index contributed by atoms with van der Waals surface area (Å²) in [5.41, 5.74) is 5.73. The number of nitrogens with two attached hydrogens (primary N) is 1. The van der Waals surface area contributed by atoms with Gasteiger partial charge in [0.2, 0.25) is 5.84 Å². The summed E-state index contributed by atoms with van der Waals surface area (Å²) >= 11 is 0. The number of nitrogens with zero attached hydrogens (tertiary/aromatic N) is 2. The van der Waals surface area contributed by atoms with Crippen LogP contribution in [-0.2, 0) is 4.79 Å². The van der Waals surface area contributed by atoms with Gasteiger partial charge >= 0.3 is 5.97 Å². The van der Waals surface area contributed by atoms with Crippen molar-refractivity contribution < 1.29 is 14.4 Å². The molecule has 1 aliphatic rings. The van der Waals surface area contributed by atoms with E-state index in [4.69, 9.17) is 5.73 Å². The first kappa shape index (κ1) is 30.6. The van der Waals surface area contributed by atoms with Crippen molar-refractivity contribution in [2.75, 3.05) is 19.6 Å². The smallest absolute Gasteiger partial charge is 0.360 e. The predicted octanol–water partition coefficient (Wildman–Crippen LogP) is 7.72. The highest BCUT2D eigenvalue weighted by Gasteiger charge is 2.36. The summed E-state index contributed by atoms with van der Waals surface area (Å²) in [5.74, 6) is 0.145. The predicted molar refractivity (Wildman–Crippen MR) is 146 cm³/mol. The molecule has 1 aliphatic heterocycles. The van der Waals surface area contributed by atoms with E-state index in [1.165, 1.54) is 96.3 Å². The molecule has 5 nitrogen and oxygen atoms in total. The Morgan fingerprint density at radius 1 is 0.853 bits per heavy atom. The quantitative estimate of drug-likeness (QED) is 0.0850. The van der Waals surface area contributed by atoms with E-state index in [0.29, 0.717) is 17.6 Å². The van der Waals surface area contributed by atoms with Gasteiger partial charge in [0.1, 0.15) is 12.7 Å². The van der Waals surface area contributed by atoms with Crippen LogP contribution in [0.4, 0.5) is 0 Å². The van der Waals surface area contributed by atoms with Crippen LogP contribution < -0.4 is 5.73 Å². The van der Waals surface area contributed by atoms with Gasteiger partial charge < -0.3 is 10.8 Å². The maximum atomic E-state index is 11.3. The molecule has 1 heterocycles. The zero-order chi connectivity index (χ0) is 24.7. The summed E-state index contributed by atoms with van der Waals surface area (Å²) in [7, 11) is 0. The molecule has 5 heteroatoms. The largest absolute Gasteiger partial charge is 0.477 e. The SMILES string of the molecule is CCCCCCCCCCCCCCC/C=C/CCCCCC1=NC=C[N+]1(CCN)CC(=O)O. The number of allylic oxidation sites excluding steroid dienone is 2. The van der Waals surface area contributed by atoms with Gasteiger partial charge in [0.15, 0.2) is 6.54 Å². The number of carboxylic acid groups (broad SMARTS) is 1. The average molecular weight is 477 g/mol. The third kappa shape index (κ3) is 14.7. The first-order valence-corrected chi connectivity index (χ1v) is 14.3. The number of rotatable bonds is 24. The van der Waals surface area contributed by atoms with E-state index in [-0.39, 0.29) is 6.54 Å². The summed E-state index contributed by atoms with van der Waals surface area (Å²) in [5, 5.41) is 9.27. The Morgan fingerprint density at radius 3 is 1.85 bits per heavy atom. The number of carbonyl (C=O) groups is 1. The fourth-order valence-corrected chi connectivity index (χ4v) is 4.87. The Balaban J connectivity index is 1.92. The van der Waals surface area contributed by atoms with Crippen LogP contribution in [0.3, 0.4) is 0 Å². The molecule has 196 valence electrons. The van der Waals surface area contributed by atoms with Gasteiger partial charge in [0, 0.05) is 13.0 Å². The van der Waals surface area contributed by atoms with Gasteiger partial charge in [-0.05, 0) is 32.1 Å². The third-order valence-electron chi connectivity index (χ3n) is 6.95. The zero-order valence-corrected chi connectivity index (χ0v) is 22.2. The number of unbranched alkanes of at least 4 members (excludes halogenated alkanes) is 16. The molecule has 0 aromatic rings. The first-order chi connectivity index (χ1) is 16.6. The van der Waals surface area contributed by atoms with Gasteiger partial charge in [0.25, 0.3) is 0 Å². The van der Waals surface area contributed by atoms with Crippen LogP contribution in [0.1, 0.15) is 129 Å². The van der Waals surface area contributed by atoms with Gasteiger partial charge in [-0.1, -0.05) is 103 Å². The van der Waals surface area contributed by atoms with Crippen LogP contribution in [0.25, 0.3) is 0 Å². The average Bonchev–Trinajstić information content (AvgIpc) is 3.19. The fraction of sp³-hybridized carbons (Fsp3) is 0.793. The van der Waals surface area contributed by atoms with Gasteiger partial charge in [-0.15, -0.1) is 0 Å². The molecule has 0 amide bonds. The minimum absolute atomic E-state index is 0.0362. The van der Waals surface area contributed by atoms with E-state index < -0.39 is 5.97 Å². The fourth-order valence-electron chi connectivity index (χ4n) is 4.87. The molecule has 0 aromatic heterocycles. The highest BCUT2D eigenvalue weighted by Crippen LogP contribution is 2.21. The monoisotopic (exact) mass is 476 g/mol. The summed E-state index contributed by atoms with van der Waals surface area (Å²) in [6, 6.07) is 0. The van der Waals surface area contributed by atoms with Gasteiger partial charge in [-0.3, -0.25) is 0 Å². The third-order valence-corrected chi connectivity index (χ3v) is 6.95. The molecule has 0 radical (unpaired) electrons. The van der Waals surface area contributed by atoms with Crippen molar-refractivity contribution in [2.45, 2.75) is 129 Å². The van der Waals surface area contributed by atoms with Crippen molar-refractivity contribution in [3.05, 3.63) is 24.6 Å². The van der Waals surface area contributed by atoms with E-state index in [1.54, 1.807) is 6.20 Å². The maximum absolute atomic E-state index is 11.3. The Kier molecular flexibility index (Phi) is 18.8. The molecule has 0 bridgehead atoms. The molecular formula is C29H54N3O2+. The van der Waals surface area contributed by atoms with Crippen LogP contribution in [0.5, 0.6) is 0 Å². The Bertz CT molecular complexity index is 600. The van der Waals surface area contributed by atoms with E-state index in [2.05, 4.69) is 24.1 Å². The van der Waals surface area contributed by atoms with Crippen LogP contribution in [0, 0.1) is 0 Å². The maximum Gasteiger partial charge on any atom is 0.360 e. The van der Waals surface area contributed by atoms with Gasteiger partial charge in [-0.25, -0.2) is 14.3 Å². The van der Waals surface area contributed by atoms with Crippen molar-refractivity contribution in [3.8, 4) is 0 Å². The number of aliphatic carboxylic acids is 1. The van der Waals surface area contributed by atoms with Crippen LogP contribution in [0.15, 0.2) is 29.5 Å². The zero-order valence-electron chi connectivity index (χ0n) is 22.2. The number of hydrogen-bond acceptors (Lipinski definition) is 3. The second-order valence-corrected chi connectivity index (χ2v) is 10.0. The summed E-state index contributed by atoms with van der Waals surface area (Å²) in [6.45, 7) is 3.38. The molecule has 0 fully saturated rings. The lowest BCUT2D eigenvalue weighted by Gasteiger charge is -2.30. The molecule has 1 unspecified atom stereocenters. The molecule has 0 aliphatic carbocycles. The van der Waals surface area contributed by atoms with E-state index in [0.717, 1.165) is 31.5 Å². The number of carboxylic acids is 1. The second kappa shape index (κ2) is 20.9. The highest BCUT2D eigenvalue weighted by atomic mass is 16.4. The van der Waals surface area contributed by atoms with Crippen molar-refractivity contribution >= 4 is 11.8 Å². The van der Waals surface area contributed by atoms with Crippen LogP contribution >= 0.6 is 0 Å². The van der Waals surface area contributed by atoms with Crippen molar-refractivity contribution in [1.29, 1.82) is 0 Å². The van der Waals surface area contributed by atoms with E-state index in [1.807, 2.05) is 6.20 Å². The van der Waals surface area contributed by atoms with Crippen LogP contribution in [0.2, 0.25) is 0 Å². The molecule has 1 atom stereocenters. The highest BCUT2D eigenvalue weighted by molar-refractivity contribution is 5.81. The first-order valence-electron chi connectivity index (χ1n) is 14.3. The Labute approximate surface area is 210 Å². The molecule has 1 rings (SSSR count). The van der Waals surface area contributed by atoms with Gasteiger partial charge in [0.05, 0.1) is 6.20 Å². The Morgan fingerprint density at radius 2 is 1.35 bits per heavy atom. The molecule has 0 saturated carbocycles. The second-order valence-electron chi connectivity index (χ2n) is 10.0. The number of amidine groups is 1. The normalized spacial score (nSPS) is 17.6. The molecular weight excluding hydrogens is 422 g/mol. The lowest BCUT2D eigenvalue weighted by atomic mass is 10.0. The van der Waals surface area contributed by atoms with E-state index >= 15 is 0 Å². The topological polar surface area (TPSA) is 75.7 Å². The molecule has 34 heavy (non-hydrogen) atoms. The lowest BCUT2D eigenvalue weighted by molar-refractivity contribution is -0.778. The molecule has 3 N–H and O–H groups in total. The van der Waals surface area contributed by atoms with Crippen LogP contribution in [-0.4, -0.2) is 41.0 Å². The number of aliphatic imine (C=N–C) groups is 1.